The molecule has 7 heteroatoms. The first-order valence-electron chi connectivity index (χ1n) is 13.4. The summed E-state index contributed by atoms with van der Waals surface area (Å²) in [6.07, 6.45) is 2.12. The number of anilines is 1. The molecule has 3 aromatic rings. The third kappa shape index (κ3) is 9.01. The van der Waals surface area contributed by atoms with Crippen LogP contribution in [0, 0.1) is 0 Å². The summed E-state index contributed by atoms with van der Waals surface area (Å²) in [7, 11) is 0. The van der Waals surface area contributed by atoms with Gasteiger partial charge in [0.2, 0.25) is 0 Å². The lowest BCUT2D eigenvalue weighted by atomic mass is 9.78. The summed E-state index contributed by atoms with van der Waals surface area (Å²) in [4.78, 5) is 26.0. The third-order valence-corrected chi connectivity index (χ3v) is 7.17. The average molecular weight is 571 g/mol. The van der Waals surface area contributed by atoms with Gasteiger partial charge in [-0.15, -0.1) is 23.2 Å². The second kappa shape index (κ2) is 15.5. The molecule has 39 heavy (non-hydrogen) atoms. The van der Waals surface area contributed by atoms with Crippen molar-refractivity contribution in [2.75, 3.05) is 29.7 Å². The van der Waals surface area contributed by atoms with Gasteiger partial charge in [-0.2, -0.15) is 0 Å². The minimum Gasteiger partial charge on any atom is -0.427 e. The molecule has 5 nitrogen and oxygen atoms in total. The van der Waals surface area contributed by atoms with Gasteiger partial charge in [0.25, 0.3) is 0 Å². The van der Waals surface area contributed by atoms with E-state index >= 15 is 0 Å². The molecule has 0 heterocycles. The predicted octanol–water partition coefficient (Wildman–Crippen LogP) is 7.73. The van der Waals surface area contributed by atoms with Crippen molar-refractivity contribution < 1.29 is 19.1 Å². The Bertz CT molecular complexity index is 1170. The maximum Gasteiger partial charge on any atom is 0.315 e. The summed E-state index contributed by atoms with van der Waals surface area (Å²) in [5, 5.41) is 0. The number of alkyl halides is 2. The molecule has 2 atom stereocenters. The van der Waals surface area contributed by atoms with Crippen LogP contribution in [0.15, 0.2) is 72.8 Å². The van der Waals surface area contributed by atoms with Crippen molar-refractivity contribution in [2.45, 2.75) is 51.9 Å². The monoisotopic (exact) mass is 569 g/mol. The van der Waals surface area contributed by atoms with Gasteiger partial charge in [0.15, 0.2) is 0 Å². The van der Waals surface area contributed by atoms with Crippen LogP contribution < -0.4 is 14.4 Å². The highest BCUT2D eigenvalue weighted by Gasteiger charge is 2.22. The van der Waals surface area contributed by atoms with Gasteiger partial charge in [0.1, 0.15) is 11.5 Å². The van der Waals surface area contributed by atoms with E-state index in [0.29, 0.717) is 48.2 Å². The van der Waals surface area contributed by atoms with Gasteiger partial charge in [0.05, 0.1) is 6.42 Å². The number of hydrogen-bond acceptors (Lipinski definition) is 5. The molecule has 0 bridgehead atoms. The van der Waals surface area contributed by atoms with Crippen LogP contribution in [-0.2, 0) is 16.0 Å². The van der Waals surface area contributed by atoms with Crippen LogP contribution in [0.4, 0.5) is 5.69 Å². The Balaban J connectivity index is 1.62. The predicted molar refractivity (Wildman–Crippen MR) is 160 cm³/mol. The van der Waals surface area contributed by atoms with Crippen LogP contribution >= 0.6 is 23.2 Å². The second-order valence-electron chi connectivity index (χ2n) is 9.44. The molecular formula is C32H37Cl2NO4. The Kier molecular flexibility index (Phi) is 12.2. The van der Waals surface area contributed by atoms with Crippen molar-refractivity contribution in [1.82, 2.24) is 0 Å². The Morgan fingerprint density at radius 3 is 1.59 bits per heavy atom. The van der Waals surface area contributed by atoms with Crippen LogP contribution in [-0.4, -0.2) is 36.8 Å². The third-order valence-electron chi connectivity index (χ3n) is 6.83. The van der Waals surface area contributed by atoms with Crippen LogP contribution in [0.1, 0.15) is 62.1 Å². The maximum absolute atomic E-state index is 12.6. The molecule has 0 saturated heterocycles. The fourth-order valence-corrected chi connectivity index (χ4v) is 5.38. The molecule has 0 aromatic heterocycles. The topological polar surface area (TPSA) is 55.8 Å². The highest BCUT2D eigenvalue weighted by atomic mass is 35.5. The molecule has 0 spiro atoms. The number of esters is 2. The minimum absolute atomic E-state index is 0.186. The summed E-state index contributed by atoms with van der Waals surface area (Å²) >= 11 is 11.8. The van der Waals surface area contributed by atoms with E-state index in [1.807, 2.05) is 72.8 Å². The van der Waals surface area contributed by atoms with Crippen molar-refractivity contribution in [1.29, 1.82) is 0 Å². The fourth-order valence-electron chi connectivity index (χ4n) is 4.97. The van der Waals surface area contributed by atoms with E-state index in [-0.39, 0.29) is 18.4 Å². The van der Waals surface area contributed by atoms with E-state index in [0.717, 1.165) is 24.1 Å². The maximum atomic E-state index is 12.6. The smallest absolute Gasteiger partial charge is 0.315 e. The van der Waals surface area contributed by atoms with Crippen LogP contribution in [0.2, 0.25) is 0 Å². The van der Waals surface area contributed by atoms with Crippen LogP contribution in [0.3, 0.4) is 0 Å². The van der Waals surface area contributed by atoms with E-state index in [1.54, 1.807) is 0 Å². The zero-order valence-electron chi connectivity index (χ0n) is 22.9. The Morgan fingerprint density at radius 2 is 1.18 bits per heavy atom. The molecule has 0 aliphatic rings. The SMILES string of the molecule is CC[C@H](c1ccc(OC(=O)Cc2ccc(N(CCCl)CCCl)cc2)cc1)[C@@H](CC)c1ccc(OC(C)=O)cc1. The van der Waals surface area contributed by atoms with E-state index in [1.165, 1.54) is 18.1 Å². The zero-order valence-corrected chi connectivity index (χ0v) is 24.4. The van der Waals surface area contributed by atoms with E-state index in [2.05, 4.69) is 18.7 Å². The van der Waals surface area contributed by atoms with Gasteiger partial charge in [-0.05, 0) is 77.8 Å². The summed E-state index contributed by atoms with van der Waals surface area (Å²) < 4.78 is 10.8. The van der Waals surface area contributed by atoms with Crippen molar-refractivity contribution in [3.05, 3.63) is 89.5 Å². The number of nitrogens with zero attached hydrogens (tertiary/aromatic N) is 1. The molecule has 3 rings (SSSR count). The first-order chi connectivity index (χ1) is 18.9. The standard InChI is InChI=1S/C32H37Cl2NO4/c1-4-30(25-8-14-28(15-9-25)38-23(3)36)31(5-2)26-10-16-29(17-11-26)39-32(37)22-24-6-12-27(13-7-24)35(20-18-33)21-19-34/h6-17,30-31H,4-5,18-22H2,1-3H3/t30-,31+/m0/s1. The summed E-state index contributed by atoms with van der Waals surface area (Å²) in [6, 6.07) is 23.4. The lowest BCUT2D eigenvalue weighted by molar-refractivity contribution is -0.134. The zero-order chi connectivity index (χ0) is 28.2. The molecule has 208 valence electrons. The van der Waals surface area contributed by atoms with Crippen molar-refractivity contribution in [3.63, 3.8) is 0 Å². The Hall–Kier alpha value is -3.02. The summed E-state index contributed by atoms with van der Waals surface area (Å²) in [6.45, 7) is 7.20. The number of carbonyl (C=O) groups is 2. The molecule has 0 unspecified atom stereocenters. The molecule has 3 aromatic carbocycles. The second-order valence-corrected chi connectivity index (χ2v) is 10.2. The van der Waals surface area contributed by atoms with Gasteiger partial charge >= 0.3 is 11.9 Å². The first kappa shape index (κ1) is 30.5. The van der Waals surface area contributed by atoms with Crippen LogP contribution in [0.5, 0.6) is 11.5 Å². The van der Waals surface area contributed by atoms with E-state index < -0.39 is 0 Å². The van der Waals surface area contributed by atoms with Crippen molar-refractivity contribution in [3.8, 4) is 11.5 Å². The largest absolute Gasteiger partial charge is 0.427 e. The number of benzene rings is 3. The molecule has 0 radical (unpaired) electrons. The Morgan fingerprint density at radius 1 is 0.718 bits per heavy atom. The number of halogens is 2. The highest BCUT2D eigenvalue weighted by Crippen LogP contribution is 2.39. The van der Waals surface area contributed by atoms with E-state index in [9.17, 15) is 9.59 Å². The molecule has 0 N–H and O–H groups in total. The average Bonchev–Trinajstić information content (AvgIpc) is 2.93. The van der Waals surface area contributed by atoms with Gasteiger partial charge in [-0.1, -0.05) is 50.2 Å². The Labute approximate surface area is 242 Å². The normalized spacial score (nSPS) is 12.4. The lowest BCUT2D eigenvalue weighted by Crippen LogP contribution is -2.27. The number of hydrogen-bond donors (Lipinski definition) is 0. The molecule has 0 amide bonds. The van der Waals surface area contributed by atoms with Crippen molar-refractivity contribution in [2.24, 2.45) is 0 Å². The molecule has 0 fully saturated rings. The number of ether oxygens (including phenoxy) is 2. The van der Waals surface area contributed by atoms with E-state index in [4.69, 9.17) is 32.7 Å². The molecule has 0 aliphatic carbocycles. The van der Waals surface area contributed by atoms with Crippen LogP contribution in [0.25, 0.3) is 0 Å². The van der Waals surface area contributed by atoms with Gasteiger partial charge in [-0.3, -0.25) is 9.59 Å². The van der Waals surface area contributed by atoms with Gasteiger partial charge < -0.3 is 14.4 Å². The summed E-state index contributed by atoms with van der Waals surface area (Å²) in [5.74, 6) is 2.10. The molecular weight excluding hydrogens is 533 g/mol. The fraction of sp³-hybridized carbons (Fsp3) is 0.375. The van der Waals surface area contributed by atoms with Gasteiger partial charge in [-0.25, -0.2) is 0 Å². The quantitative estimate of drug-likeness (QED) is 0.113. The molecule has 0 aliphatic heterocycles. The van der Waals surface area contributed by atoms with Gasteiger partial charge in [0, 0.05) is 37.5 Å². The molecule has 0 saturated carbocycles. The highest BCUT2D eigenvalue weighted by molar-refractivity contribution is 6.18. The number of carbonyl (C=O) groups excluding carboxylic acids is 2. The van der Waals surface area contributed by atoms with Crippen molar-refractivity contribution >= 4 is 40.8 Å². The number of rotatable bonds is 14. The minimum atomic E-state index is -0.326. The lowest BCUT2D eigenvalue weighted by Gasteiger charge is -2.26. The summed E-state index contributed by atoms with van der Waals surface area (Å²) in [5.41, 5.74) is 4.31. The first-order valence-corrected chi connectivity index (χ1v) is 14.5.